The average molecular weight is 215 g/mol. The van der Waals surface area contributed by atoms with E-state index in [0.717, 1.165) is 0 Å². The van der Waals surface area contributed by atoms with Crippen LogP contribution in [0.3, 0.4) is 0 Å². The molecule has 1 amide bonds. The number of rotatable bonds is 4. The number of hydrogen-bond donors (Lipinski definition) is 1. The van der Waals surface area contributed by atoms with Gasteiger partial charge in [0.15, 0.2) is 0 Å². The second-order valence-electron chi connectivity index (χ2n) is 4.40. The van der Waals surface area contributed by atoms with Crippen LogP contribution >= 0.6 is 11.8 Å². The molecule has 2 N–H and O–H groups in total. The standard InChI is InChI=1S/C11H21NOS/c1-3-11(4-6-14-7-5-11)9(2)8-10(12)13/h9H,3-8H2,1-2H3,(H2,12,13). The Bertz CT molecular complexity index is 199. The maximum Gasteiger partial charge on any atom is 0.217 e. The zero-order chi connectivity index (χ0) is 10.6. The summed E-state index contributed by atoms with van der Waals surface area (Å²) in [4.78, 5) is 10.9. The minimum absolute atomic E-state index is 0.149. The van der Waals surface area contributed by atoms with Gasteiger partial charge in [0.25, 0.3) is 0 Å². The SMILES string of the molecule is CCC1(C(C)CC(N)=O)CCSCC1. The first-order chi connectivity index (χ1) is 6.60. The van der Waals surface area contributed by atoms with E-state index in [1.807, 2.05) is 11.8 Å². The summed E-state index contributed by atoms with van der Waals surface area (Å²) in [5, 5.41) is 0. The molecule has 2 nitrogen and oxygen atoms in total. The molecular formula is C11H21NOS. The van der Waals surface area contributed by atoms with Crippen LogP contribution in [0, 0.1) is 11.3 Å². The van der Waals surface area contributed by atoms with Gasteiger partial charge in [-0.15, -0.1) is 0 Å². The van der Waals surface area contributed by atoms with Crippen molar-refractivity contribution in [1.29, 1.82) is 0 Å². The molecule has 1 saturated heterocycles. The van der Waals surface area contributed by atoms with Crippen LogP contribution in [-0.4, -0.2) is 17.4 Å². The van der Waals surface area contributed by atoms with Gasteiger partial charge in [0, 0.05) is 6.42 Å². The van der Waals surface area contributed by atoms with Crippen molar-refractivity contribution in [1.82, 2.24) is 0 Å². The first kappa shape index (κ1) is 11.9. The van der Waals surface area contributed by atoms with Gasteiger partial charge in [0.05, 0.1) is 0 Å². The third-order valence-electron chi connectivity index (χ3n) is 3.75. The molecule has 0 radical (unpaired) electrons. The molecule has 1 fully saturated rings. The first-order valence-electron chi connectivity index (χ1n) is 5.47. The van der Waals surface area contributed by atoms with Crippen molar-refractivity contribution in [2.24, 2.45) is 17.1 Å². The number of amides is 1. The van der Waals surface area contributed by atoms with Crippen LogP contribution in [0.15, 0.2) is 0 Å². The fraction of sp³-hybridized carbons (Fsp3) is 0.909. The molecule has 0 spiro atoms. The topological polar surface area (TPSA) is 43.1 Å². The van der Waals surface area contributed by atoms with Crippen LogP contribution in [0.5, 0.6) is 0 Å². The molecule has 0 aliphatic carbocycles. The van der Waals surface area contributed by atoms with Crippen molar-refractivity contribution in [3.05, 3.63) is 0 Å². The minimum atomic E-state index is -0.149. The average Bonchev–Trinajstić information content (AvgIpc) is 2.18. The fourth-order valence-corrected chi connectivity index (χ4v) is 3.80. The molecule has 14 heavy (non-hydrogen) atoms. The lowest BCUT2D eigenvalue weighted by atomic mass is 9.68. The molecule has 1 unspecified atom stereocenters. The fourth-order valence-electron chi connectivity index (χ4n) is 2.49. The molecule has 1 atom stereocenters. The van der Waals surface area contributed by atoms with Crippen molar-refractivity contribution >= 4 is 17.7 Å². The van der Waals surface area contributed by atoms with E-state index in [0.29, 0.717) is 17.8 Å². The molecule has 82 valence electrons. The summed E-state index contributed by atoms with van der Waals surface area (Å²) in [5.74, 6) is 2.79. The summed E-state index contributed by atoms with van der Waals surface area (Å²) in [6, 6.07) is 0. The van der Waals surface area contributed by atoms with Crippen LogP contribution in [0.2, 0.25) is 0 Å². The van der Waals surface area contributed by atoms with Crippen molar-refractivity contribution in [3.8, 4) is 0 Å². The Morgan fingerprint density at radius 3 is 2.50 bits per heavy atom. The van der Waals surface area contributed by atoms with E-state index < -0.39 is 0 Å². The van der Waals surface area contributed by atoms with Gasteiger partial charge < -0.3 is 5.73 Å². The van der Waals surface area contributed by atoms with Crippen molar-refractivity contribution < 1.29 is 4.79 Å². The third-order valence-corrected chi connectivity index (χ3v) is 4.73. The molecule has 0 bridgehead atoms. The van der Waals surface area contributed by atoms with Crippen LogP contribution in [0.1, 0.15) is 39.5 Å². The Morgan fingerprint density at radius 2 is 2.07 bits per heavy atom. The Labute approximate surface area is 91.0 Å². The Balaban J connectivity index is 2.61. The summed E-state index contributed by atoms with van der Waals surface area (Å²) in [6.45, 7) is 4.43. The summed E-state index contributed by atoms with van der Waals surface area (Å²) >= 11 is 2.03. The van der Waals surface area contributed by atoms with E-state index in [9.17, 15) is 4.79 Å². The van der Waals surface area contributed by atoms with Gasteiger partial charge in [-0.05, 0) is 35.7 Å². The number of nitrogens with two attached hydrogens (primary N) is 1. The number of thioether (sulfide) groups is 1. The van der Waals surface area contributed by atoms with Crippen LogP contribution in [0.25, 0.3) is 0 Å². The van der Waals surface area contributed by atoms with E-state index in [1.54, 1.807) is 0 Å². The predicted molar refractivity (Wildman–Crippen MR) is 62.3 cm³/mol. The highest BCUT2D eigenvalue weighted by Gasteiger charge is 2.36. The first-order valence-corrected chi connectivity index (χ1v) is 6.62. The zero-order valence-electron chi connectivity index (χ0n) is 9.21. The lowest BCUT2D eigenvalue weighted by Crippen LogP contribution is -2.35. The monoisotopic (exact) mass is 215 g/mol. The number of carbonyl (C=O) groups is 1. The largest absolute Gasteiger partial charge is 0.370 e. The van der Waals surface area contributed by atoms with Gasteiger partial charge in [-0.3, -0.25) is 4.79 Å². The molecule has 1 aliphatic rings. The zero-order valence-corrected chi connectivity index (χ0v) is 10.0. The van der Waals surface area contributed by atoms with Crippen LogP contribution in [-0.2, 0) is 4.79 Å². The van der Waals surface area contributed by atoms with Gasteiger partial charge in [-0.1, -0.05) is 20.3 Å². The Morgan fingerprint density at radius 1 is 1.50 bits per heavy atom. The van der Waals surface area contributed by atoms with Crippen molar-refractivity contribution in [3.63, 3.8) is 0 Å². The van der Waals surface area contributed by atoms with Crippen LogP contribution in [0.4, 0.5) is 0 Å². The smallest absolute Gasteiger partial charge is 0.217 e. The van der Waals surface area contributed by atoms with E-state index in [4.69, 9.17) is 5.73 Å². The molecule has 0 aromatic carbocycles. The van der Waals surface area contributed by atoms with E-state index in [2.05, 4.69) is 13.8 Å². The van der Waals surface area contributed by atoms with E-state index in [-0.39, 0.29) is 5.91 Å². The van der Waals surface area contributed by atoms with Crippen LogP contribution < -0.4 is 5.73 Å². The molecule has 0 aromatic heterocycles. The van der Waals surface area contributed by atoms with Crippen molar-refractivity contribution in [2.45, 2.75) is 39.5 Å². The minimum Gasteiger partial charge on any atom is -0.370 e. The molecule has 1 aliphatic heterocycles. The Kier molecular flexibility index (Phi) is 4.30. The molecule has 1 heterocycles. The summed E-state index contributed by atoms with van der Waals surface area (Å²) in [5.41, 5.74) is 5.66. The lowest BCUT2D eigenvalue weighted by Gasteiger charge is -2.41. The van der Waals surface area contributed by atoms with E-state index >= 15 is 0 Å². The molecule has 1 rings (SSSR count). The van der Waals surface area contributed by atoms with Gasteiger partial charge in [-0.25, -0.2) is 0 Å². The second-order valence-corrected chi connectivity index (χ2v) is 5.62. The molecule has 0 saturated carbocycles. The predicted octanol–water partition coefficient (Wildman–Crippen LogP) is 2.42. The summed E-state index contributed by atoms with van der Waals surface area (Å²) < 4.78 is 0. The lowest BCUT2D eigenvalue weighted by molar-refractivity contribution is -0.119. The van der Waals surface area contributed by atoms with E-state index in [1.165, 1.54) is 30.8 Å². The summed E-state index contributed by atoms with van der Waals surface area (Å²) in [6.07, 6.45) is 4.24. The number of primary amides is 1. The normalized spacial score (nSPS) is 23.0. The molecular weight excluding hydrogens is 194 g/mol. The number of carbonyl (C=O) groups excluding carboxylic acids is 1. The summed E-state index contributed by atoms with van der Waals surface area (Å²) in [7, 11) is 0. The van der Waals surface area contributed by atoms with Gasteiger partial charge in [-0.2, -0.15) is 11.8 Å². The second kappa shape index (κ2) is 5.06. The third kappa shape index (κ3) is 2.66. The highest BCUT2D eigenvalue weighted by atomic mass is 32.2. The maximum absolute atomic E-state index is 10.9. The highest BCUT2D eigenvalue weighted by molar-refractivity contribution is 7.99. The van der Waals surface area contributed by atoms with Gasteiger partial charge >= 0.3 is 0 Å². The van der Waals surface area contributed by atoms with Gasteiger partial charge in [0.1, 0.15) is 0 Å². The molecule has 3 heteroatoms. The van der Waals surface area contributed by atoms with Crippen molar-refractivity contribution in [2.75, 3.05) is 11.5 Å². The molecule has 0 aromatic rings. The van der Waals surface area contributed by atoms with Gasteiger partial charge in [0.2, 0.25) is 5.91 Å². The number of hydrogen-bond acceptors (Lipinski definition) is 2. The Hall–Kier alpha value is -0.180. The quantitative estimate of drug-likeness (QED) is 0.782. The maximum atomic E-state index is 10.9. The highest BCUT2D eigenvalue weighted by Crippen LogP contribution is 2.45.